The molecule has 32 heavy (non-hydrogen) atoms. The van der Waals surface area contributed by atoms with Gasteiger partial charge in [-0.05, 0) is 30.5 Å². The topological polar surface area (TPSA) is 86.1 Å². The number of amides is 1. The molecule has 1 aliphatic carbocycles. The molecule has 2 heterocycles. The van der Waals surface area contributed by atoms with Gasteiger partial charge in [0.15, 0.2) is 5.16 Å². The van der Waals surface area contributed by atoms with E-state index in [4.69, 9.17) is 4.74 Å². The number of nitrogens with one attached hydrogen (secondary N) is 1. The van der Waals surface area contributed by atoms with Crippen molar-refractivity contribution in [2.75, 3.05) is 18.2 Å². The number of halogens is 1. The van der Waals surface area contributed by atoms with Gasteiger partial charge in [0, 0.05) is 23.4 Å². The zero-order chi connectivity index (χ0) is 22.7. The van der Waals surface area contributed by atoms with Crippen LogP contribution in [0.25, 0.3) is 11.1 Å². The molecule has 1 aliphatic rings. The van der Waals surface area contributed by atoms with Gasteiger partial charge in [0.05, 0.1) is 12.9 Å². The van der Waals surface area contributed by atoms with Crippen LogP contribution in [0.1, 0.15) is 34.9 Å². The smallest absolute Gasteiger partial charge is 0.341 e. The molecule has 0 unspecified atom stereocenters. The van der Waals surface area contributed by atoms with Crippen LogP contribution in [0.15, 0.2) is 47.5 Å². The van der Waals surface area contributed by atoms with Crippen LogP contribution < -0.4 is 5.32 Å². The van der Waals surface area contributed by atoms with Crippen molar-refractivity contribution in [1.82, 2.24) is 14.8 Å². The molecule has 1 fully saturated rings. The standard InChI is InChI=1S/C22H21FN4O3S2/c1-3-10-27-19(14-4-5-14)25-26-22(27)32-12-17(28)24-20-18(21(29)30-2)16(11-31-20)13-6-8-15(23)9-7-13/h3,6-9,11,14H,1,4-5,10,12H2,2H3,(H,24,28). The van der Waals surface area contributed by atoms with Crippen LogP contribution in [0.3, 0.4) is 0 Å². The van der Waals surface area contributed by atoms with E-state index in [0.29, 0.717) is 33.7 Å². The molecule has 0 atom stereocenters. The Morgan fingerprint density at radius 3 is 2.75 bits per heavy atom. The number of carbonyl (C=O) groups excluding carboxylic acids is 2. The lowest BCUT2D eigenvalue weighted by Gasteiger charge is -2.09. The van der Waals surface area contributed by atoms with Gasteiger partial charge in [-0.25, -0.2) is 9.18 Å². The first-order valence-electron chi connectivity index (χ1n) is 9.94. The number of thioether (sulfide) groups is 1. The summed E-state index contributed by atoms with van der Waals surface area (Å²) in [7, 11) is 1.28. The predicted octanol–water partition coefficient (Wildman–Crippen LogP) is 4.73. The molecule has 1 amide bonds. The lowest BCUT2D eigenvalue weighted by atomic mass is 10.0. The van der Waals surface area contributed by atoms with Gasteiger partial charge in [0.1, 0.15) is 22.2 Å². The van der Waals surface area contributed by atoms with E-state index < -0.39 is 5.97 Å². The van der Waals surface area contributed by atoms with Gasteiger partial charge in [-0.1, -0.05) is 30.0 Å². The molecule has 1 N–H and O–H groups in total. The molecule has 4 rings (SSSR count). The molecule has 0 radical (unpaired) electrons. The summed E-state index contributed by atoms with van der Waals surface area (Å²) in [5.41, 5.74) is 1.47. The third-order valence-electron chi connectivity index (χ3n) is 4.92. The minimum Gasteiger partial charge on any atom is -0.465 e. The third kappa shape index (κ3) is 4.76. The van der Waals surface area contributed by atoms with E-state index in [-0.39, 0.29) is 23.0 Å². The molecule has 7 nitrogen and oxygen atoms in total. The van der Waals surface area contributed by atoms with Crippen LogP contribution in [0, 0.1) is 5.82 Å². The maximum absolute atomic E-state index is 13.3. The molecule has 2 aromatic heterocycles. The number of rotatable bonds is 9. The fourth-order valence-electron chi connectivity index (χ4n) is 3.24. The molecule has 3 aromatic rings. The number of methoxy groups -OCH3 is 1. The van der Waals surface area contributed by atoms with Crippen LogP contribution in [0.4, 0.5) is 9.39 Å². The van der Waals surface area contributed by atoms with E-state index in [1.807, 2.05) is 4.57 Å². The Labute approximate surface area is 192 Å². The summed E-state index contributed by atoms with van der Waals surface area (Å²) in [5, 5.41) is 14.1. The summed E-state index contributed by atoms with van der Waals surface area (Å²) < 4.78 is 20.2. The zero-order valence-corrected chi connectivity index (χ0v) is 19.0. The number of hydrogen-bond acceptors (Lipinski definition) is 7. The number of esters is 1. The van der Waals surface area contributed by atoms with E-state index in [0.717, 1.165) is 18.7 Å². The van der Waals surface area contributed by atoms with E-state index in [1.54, 1.807) is 23.6 Å². The average molecular weight is 473 g/mol. The van der Waals surface area contributed by atoms with Gasteiger partial charge in [0.25, 0.3) is 0 Å². The maximum Gasteiger partial charge on any atom is 0.341 e. The number of nitrogens with zero attached hydrogens (tertiary/aromatic N) is 3. The van der Waals surface area contributed by atoms with Crippen molar-refractivity contribution in [3.05, 3.63) is 59.5 Å². The average Bonchev–Trinajstić information content (AvgIpc) is 3.43. The largest absolute Gasteiger partial charge is 0.465 e. The quantitative estimate of drug-likeness (QED) is 0.275. The van der Waals surface area contributed by atoms with Crippen LogP contribution in [-0.4, -0.2) is 39.5 Å². The highest BCUT2D eigenvalue weighted by Gasteiger charge is 2.30. The van der Waals surface area contributed by atoms with Gasteiger partial charge >= 0.3 is 5.97 Å². The number of hydrogen-bond donors (Lipinski definition) is 1. The summed E-state index contributed by atoms with van der Waals surface area (Å²) >= 11 is 2.50. The number of anilines is 1. The van der Waals surface area contributed by atoms with Gasteiger partial charge in [-0.3, -0.25) is 4.79 Å². The van der Waals surface area contributed by atoms with Gasteiger partial charge in [-0.2, -0.15) is 0 Å². The van der Waals surface area contributed by atoms with Crippen molar-refractivity contribution >= 4 is 40.0 Å². The normalized spacial score (nSPS) is 13.1. The maximum atomic E-state index is 13.3. The predicted molar refractivity (Wildman–Crippen MR) is 123 cm³/mol. The molecule has 10 heteroatoms. The van der Waals surface area contributed by atoms with Gasteiger partial charge in [0.2, 0.25) is 5.91 Å². The Morgan fingerprint density at radius 2 is 2.09 bits per heavy atom. The SMILES string of the molecule is C=CCn1c(SCC(=O)Nc2scc(-c3ccc(F)cc3)c2C(=O)OC)nnc1C1CC1. The zero-order valence-electron chi connectivity index (χ0n) is 17.3. The second-order valence-corrected chi connectivity index (χ2v) is 9.03. The summed E-state index contributed by atoms with van der Waals surface area (Å²) in [6, 6.07) is 5.79. The van der Waals surface area contributed by atoms with Crippen LogP contribution >= 0.6 is 23.1 Å². The summed E-state index contributed by atoms with van der Waals surface area (Å²) in [6.45, 7) is 4.37. The number of carbonyl (C=O) groups is 2. The first kappa shape index (κ1) is 22.2. The Morgan fingerprint density at radius 1 is 1.34 bits per heavy atom. The molecular weight excluding hydrogens is 451 g/mol. The molecule has 0 saturated heterocycles. The van der Waals surface area contributed by atoms with Crippen molar-refractivity contribution in [2.24, 2.45) is 0 Å². The Kier molecular flexibility index (Phi) is 6.71. The fourth-order valence-corrected chi connectivity index (χ4v) is 4.97. The number of ether oxygens (including phenoxy) is 1. The van der Waals surface area contributed by atoms with Crippen LogP contribution in [-0.2, 0) is 16.1 Å². The Balaban J connectivity index is 1.49. The summed E-state index contributed by atoms with van der Waals surface area (Å²) in [6.07, 6.45) is 3.99. The van der Waals surface area contributed by atoms with Crippen molar-refractivity contribution in [1.29, 1.82) is 0 Å². The highest BCUT2D eigenvalue weighted by molar-refractivity contribution is 7.99. The molecule has 0 aliphatic heterocycles. The molecule has 166 valence electrons. The number of thiophene rings is 1. The summed E-state index contributed by atoms with van der Waals surface area (Å²) in [5.74, 6) is 0.238. The van der Waals surface area contributed by atoms with Crippen LogP contribution in [0.5, 0.6) is 0 Å². The number of benzene rings is 1. The second kappa shape index (κ2) is 9.66. The summed E-state index contributed by atoms with van der Waals surface area (Å²) in [4.78, 5) is 25.1. The van der Waals surface area contributed by atoms with Crippen molar-refractivity contribution in [3.8, 4) is 11.1 Å². The van der Waals surface area contributed by atoms with Crippen LogP contribution in [0.2, 0.25) is 0 Å². The fraction of sp³-hybridized carbons (Fsp3) is 0.273. The van der Waals surface area contributed by atoms with E-state index in [9.17, 15) is 14.0 Å². The first-order valence-corrected chi connectivity index (χ1v) is 11.8. The first-order chi connectivity index (χ1) is 15.5. The van der Waals surface area contributed by atoms with E-state index >= 15 is 0 Å². The van der Waals surface area contributed by atoms with E-state index in [2.05, 4.69) is 22.1 Å². The second-order valence-electron chi connectivity index (χ2n) is 7.20. The number of allylic oxidation sites excluding steroid dienone is 1. The minimum atomic E-state index is -0.576. The van der Waals surface area contributed by atoms with Crippen molar-refractivity contribution in [2.45, 2.75) is 30.5 Å². The lowest BCUT2D eigenvalue weighted by molar-refractivity contribution is -0.113. The number of aromatic nitrogens is 3. The highest BCUT2D eigenvalue weighted by Crippen LogP contribution is 2.40. The molecule has 1 aromatic carbocycles. The Bertz CT molecular complexity index is 1150. The molecule has 1 saturated carbocycles. The molecular formula is C22H21FN4O3S2. The van der Waals surface area contributed by atoms with Crippen molar-refractivity contribution < 1.29 is 18.7 Å². The van der Waals surface area contributed by atoms with Crippen molar-refractivity contribution in [3.63, 3.8) is 0 Å². The highest BCUT2D eigenvalue weighted by atomic mass is 32.2. The third-order valence-corrected chi connectivity index (χ3v) is 6.78. The monoisotopic (exact) mass is 472 g/mol. The molecule has 0 spiro atoms. The minimum absolute atomic E-state index is 0.102. The molecule has 0 bridgehead atoms. The lowest BCUT2D eigenvalue weighted by Crippen LogP contribution is -2.16. The van der Waals surface area contributed by atoms with Gasteiger partial charge in [-0.15, -0.1) is 28.1 Å². The van der Waals surface area contributed by atoms with E-state index in [1.165, 1.54) is 42.3 Å². The Hall–Kier alpha value is -2.98. The van der Waals surface area contributed by atoms with Gasteiger partial charge < -0.3 is 14.6 Å².